The molecule has 0 aliphatic heterocycles. The first kappa shape index (κ1) is 33.9. The Morgan fingerprint density at radius 3 is 1.76 bits per heavy atom. The van der Waals surface area contributed by atoms with E-state index >= 15 is 0 Å². The third kappa shape index (κ3) is 17.4. The minimum atomic E-state index is -2.35. The van der Waals surface area contributed by atoms with Crippen LogP contribution in [0.5, 0.6) is 0 Å². The van der Waals surface area contributed by atoms with E-state index in [-0.39, 0.29) is 5.44 Å². The number of carboxylic acid groups (broad SMARTS) is 1. The zero-order chi connectivity index (χ0) is 25.7. The lowest BCUT2D eigenvalue weighted by atomic mass is 9.91. The summed E-state index contributed by atoms with van der Waals surface area (Å²) in [5, 5.41) is 16.6. The van der Waals surface area contributed by atoms with Crippen LogP contribution in [0.3, 0.4) is 0 Å². The zero-order valence-corrected chi connectivity index (χ0v) is 24.1. The van der Waals surface area contributed by atoms with Crippen LogP contribution in [-0.4, -0.2) is 39.9 Å². The first-order valence-corrected chi connectivity index (χ1v) is 15.3. The van der Waals surface area contributed by atoms with Crippen LogP contribution in [0.4, 0.5) is 0 Å². The van der Waals surface area contributed by atoms with Gasteiger partial charge in [0.05, 0.1) is 6.61 Å². The molecule has 5 atom stereocenters. The molecule has 0 radical (unpaired) electrons. The first-order chi connectivity index (χ1) is 16.3. The number of aliphatic carboxylic acids is 1. The number of carboxylic acids is 1. The Morgan fingerprint density at radius 1 is 0.882 bits per heavy atom. The van der Waals surface area contributed by atoms with Gasteiger partial charge in [0.25, 0.3) is 0 Å². The van der Waals surface area contributed by atoms with E-state index in [1.54, 1.807) is 0 Å². The molecule has 0 heterocycles. The van der Waals surface area contributed by atoms with Crippen LogP contribution in [-0.2, 0) is 18.8 Å². The van der Waals surface area contributed by atoms with E-state index in [4.69, 9.17) is 14.6 Å². The Balaban J connectivity index is 4.55. The number of ether oxygens (including phenoxy) is 2. The van der Waals surface area contributed by atoms with Crippen LogP contribution in [0.15, 0.2) is 0 Å². The van der Waals surface area contributed by atoms with Crippen LogP contribution in [0.2, 0.25) is 0 Å². The van der Waals surface area contributed by atoms with E-state index in [9.17, 15) is 14.5 Å². The van der Waals surface area contributed by atoms with E-state index in [0.29, 0.717) is 12.3 Å². The van der Waals surface area contributed by atoms with Crippen molar-refractivity contribution in [3.8, 4) is 0 Å². The zero-order valence-electron chi connectivity index (χ0n) is 22.0. The average Bonchev–Trinajstić information content (AvgIpc) is 2.82. The highest BCUT2D eigenvalue weighted by atomic mass is 32.1. The van der Waals surface area contributed by atoms with Crippen molar-refractivity contribution in [3.63, 3.8) is 0 Å². The molecule has 8 heteroatoms. The topological polar surface area (TPSA) is 93.1 Å². The molecule has 0 rings (SSSR count). The van der Waals surface area contributed by atoms with E-state index in [0.717, 1.165) is 6.42 Å². The number of unbranched alkanes of at least 4 members (excludes halogenated alkanes) is 11. The third-order valence-corrected chi connectivity index (χ3v) is 7.55. The Morgan fingerprint density at radius 2 is 1.35 bits per heavy atom. The molecular weight excluding hydrogens is 471 g/mol. The summed E-state index contributed by atoms with van der Waals surface area (Å²) in [7, 11) is -1.93. The molecule has 0 bridgehead atoms. The standard InChI is InChI=1S/C26H53O6PS/c1-4-7-9-11-12-13-15-17-19-22(18-16-14-10-8-5-2)20-24(34)32-23(6-3)31-21-26(29,33-30)25(27)28/h22-24,29,34H,4-21,33H2,1-3H3,(H,27,28). The lowest BCUT2D eigenvalue weighted by Crippen LogP contribution is -2.39. The molecule has 0 aliphatic rings. The maximum Gasteiger partial charge on any atom is 0.345 e. The SMILES string of the molecule is CCCCCCCCCCC(CCCCCCC)CC(S)OC(CC)OCC(O)([PH2]=O)C(=O)O. The molecule has 0 aromatic carbocycles. The van der Waals surface area contributed by atoms with E-state index in [1.807, 2.05) is 6.92 Å². The van der Waals surface area contributed by atoms with Gasteiger partial charge in [-0.15, -0.1) is 12.6 Å². The first-order valence-electron chi connectivity index (χ1n) is 13.7. The maximum absolute atomic E-state index is 11.2. The van der Waals surface area contributed by atoms with Crippen molar-refractivity contribution in [2.45, 2.75) is 147 Å². The van der Waals surface area contributed by atoms with Crippen molar-refractivity contribution in [1.82, 2.24) is 0 Å². The second-order valence-electron chi connectivity index (χ2n) is 9.65. The van der Waals surface area contributed by atoms with Crippen LogP contribution >= 0.6 is 21.1 Å². The van der Waals surface area contributed by atoms with Crippen LogP contribution in [0.25, 0.3) is 0 Å². The normalized spacial score (nSPS) is 16.5. The second kappa shape index (κ2) is 22.2. The van der Waals surface area contributed by atoms with Gasteiger partial charge in [0.1, 0.15) is 13.9 Å². The average molecular weight is 525 g/mol. The van der Waals surface area contributed by atoms with Gasteiger partial charge < -0.3 is 24.3 Å². The summed E-state index contributed by atoms with van der Waals surface area (Å²) in [6.45, 7) is 5.79. The maximum atomic E-state index is 11.2. The highest BCUT2D eigenvalue weighted by Crippen LogP contribution is 2.27. The van der Waals surface area contributed by atoms with Crippen molar-refractivity contribution in [3.05, 3.63) is 0 Å². The van der Waals surface area contributed by atoms with Gasteiger partial charge in [-0.3, -0.25) is 0 Å². The number of hydrogen-bond acceptors (Lipinski definition) is 6. The summed E-state index contributed by atoms with van der Waals surface area (Å²) in [6, 6.07) is 0. The minimum absolute atomic E-state index is 0.322. The van der Waals surface area contributed by atoms with Gasteiger partial charge in [0, 0.05) is 0 Å². The van der Waals surface area contributed by atoms with Crippen LogP contribution in [0.1, 0.15) is 130 Å². The minimum Gasteiger partial charge on any atom is -0.479 e. The number of rotatable bonds is 25. The monoisotopic (exact) mass is 524 g/mol. The molecule has 0 aromatic heterocycles. The molecule has 0 spiro atoms. The van der Waals surface area contributed by atoms with Gasteiger partial charge >= 0.3 is 5.97 Å². The van der Waals surface area contributed by atoms with E-state index in [1.165, 1.54) is 96.3 Å². The second-order valence-corrected chi connectivity index (χ2v) is 11.4. The largest absolute Gasteiger partial charge is 0.479 e. The fraction of sp³-hybridized carbons (Fsp3) is 0.962. The molecule has 0 aliphatic carbocycles. The summed E-state index contributed by atoms with van der Waals surface area (Å²) < 4.78 is 22.5. The number of carbonyl (C=O) groups is 1. The summed E-state index contributed by atoms with van der Waals surface area (Å²) in [5.41, 5.74) is -0.322. The molecule has 5 unspecified atom stereocenters. The van der Waals surface area contributed by atoms with E-state index in [2.05, 4.69) is 26.5 Å². The lowest BCUT2D eigenvalue weighted by molar-refractivity contribution is -0.183. The molecule has 0 aromatic rings. The number of aliphatic hydroxyl groups is 1. The summed E-state index contributed by atoms with van der Waals surface area (Å²) in [6.07, 6.45) is 19.8. The third-order valence-electron chi connectivity index (χ3n) is 6.41. The van der Waals surface area contributed by atoms with Crippen LogP contribution < -0.4 is 0 Å². The molecule has 204 valence electrons. The van der Waals surface area contributed by atoms with E-state index < -0.39 is 32.7 Å². The van der Waals surface area contributed by atoms with Gasteiger partial charge in [-0.1, -0.05) is 117 Å². The molecule has 0 amide bonds. The lowest BCUT2D eigenvalue weighted by Gasteiger charge is -2.26. The molecule has 2 N–H and O–H groups in total. The quantitative estimate of drug-likeness (QED) is 0.0497. The van der Waals surface area contributed by atoms with Gasteiger partial charge in [0.2, 0.25) is 5.34 Å². The predicted octanol–water partition coefficient (Wildman–Crippen LogP) is 7.44. The number of hydrogen-bond donors (Lipinski definition) is 3. The molecule has 6 nitrogen and oxygen atoms in total. The Hall–Kier alpha value is -0.0700. The smallest absolute Gasteiger partial charge is 0.345 e. The van der Waals surface area contributed by atoms with Crippen LogP contribution in [0, 0.1) is 5.92 Å². The summed E-state index contributed by atoms with van der Waals surface area (Å²) in [5.74, 6) is -0.993. The van der Waals surface area contributed by atoms with Crippen molar-refractivity contribution in [2.75, 3.05) is 6.61 Å². The van der Waals surface area contributed by atoms with Gasteiger partial charge in [0.15, 0.2) is 6.29 Å². The van der Waals surface area contributed by atoms with Gasteiger partial charge in [-0.2, -0.15) is 0 Å². The molecule has 0 fully saturated rings. The fourth-order valence-corrected chi connectivity index (χ4v) is 4.82. The number of thiol groups is 1. The van der Waals surface area contributed by atoms with Crippen molar-refractivity contribution >= 4 is 27.1 Å². The molecule has 0 saturated carbocycles. The Kier molecular flexibility index (Phi) is 22.1. The molecular formula is C26H53O6PS. The summed E-state index contributed by atoms with van der Waals surface area (Å²) >= 11 is 4.64. The highest BCUT2D eigenvalue weighted by molar-refractivity contribution is 7.80. The van der Waals surface area contributed by atoms with Gasteiger partial charge in [-0.25, -0.2) is 4.79 Å². The van der Waals surface area contributed by atoms with Crippen molar-refractivity contribution in [2.24, 2.45) is 5.92 Å². The Labute approximate surface area is 215 Å². The van der Waals surface area contributed by atoms with Crippen molar-refractivity contribution < 1.29 is 29.0 Å². The Bertz CT molecular complexity index is 510. The van der Waals surface area contributed by atoms with Gasteiger partial charge in [-0.05, 0) is 18.8 Å². The predicted molar refractivity (Wildman–Crippen MR) is 146 cm³/mol. The molecule has 0 saturated heterocycles. The molecule has 34 heavy (non-hydrogen) atoms. The fourth-order valence-electron chi connectivity index (χ4n) is 4.12. The summed E-state index contributed by atoms with van der Waals surface area (Å²) in [4.78, 5) is 11.1. The van der Waals surface area contributed by atoms with Crippen molar-refractivity contribution in [1.29, 1.82) is 0 Å². The highest BCUT2D eigenvalue weighted by Gasteiger charge is 2.36.